The molecule has 0 saturated heterocycles. The van der Waals surface area contributed by atoms with Crippen molar-refractivity contribution in [2.75, 3.05) is 10.9 Å². The van der Waals surface area contributed by atoms with E-state index in [1.807, 2.05) is 0 Å². The van der Waals surface area contributed by atoms with Gasteiger partial charge in [0.15, 0.2) is 0 Å². The zero-order chi connectivity index (χ0) is 46.2. The van der Waals surface area contributed by atoms with Gasteiger partial charge in [-0.3, -0.25) is 45.9 Å². The second kappa shape index (κ2) is 20.9. The average molecular weight is 901 g/mol. The summed E-state index contributed by atoms with van der Waals surface area (Å²) in [5.41, 5.74) is 12.0. The van der Waals surface area contributed by atoms with Crippen molar-refractivity contribution in [1.82, 2.24) is 5.43 Å². The van der Waals surface area contributed by atoms with Crippen molar-refractivity contribution < 1.29 is 19.7 Å². The summed E-state index contributed by atoms with van der Waals surface area (Å²) in [6, 6.07) is 24.0. The molecule has 10 aliphatic rings. The number of non-ortho nitro benzene ring substituents is 2. The Morgan fingerprint density at radius 1 is 0.500 bits per heavy atom. The molecule has 0 aromatic heterocycles. The van der Waals surface area contributed by atoms with E-state index in [4.69, 9.17) is 5.10 Å². The molecule has 14 rings (SSSR count). The molecule has 0 amide bonds. The lowest BCUT2D eigenvalue weighted by Gasteiger charge is -2.44. The molecule has 10 aliphatic carbocycles. The lowest BCUT2D eigenvalue weighted by atomic mass is 9.67. The van der Waals surface area contributed by atoms with E-state index in [1.54, 1.807) is 0 Å². The minimum absolute atomic E-state index is 0.00801. The van der Waals surface area contributed by atoms with Gasteiger partial charge in [-0.25, -0.2) is 5.43 Å². The first-order valence-electron chi connectivity index (χ1n) is 23.9. The molecule has 0 unspecified atom stereocenters. The van der Waals surface area contributed by atoms with E-state index in [1.165, 1.54) is 86.8 Å². The van der Waals surface area contributed by atoms with Crippen molar-refractivity contribution in [2.45, 2.75) is 128 Å². The molecule has 0 aliphatic heterocycles. The monoisotopic (exact) mass is 900 g/mol. The maximum absolute atomic E-state index is 12.6. The molecule has 0 heterocycles. The first-order valence-corrected chi connectivity index (χ1v) is 23.9. The Labute approximate surface area is 384 Å². The summed E-state index contributed by atoms with van der Waals surface area (Å²) >= 11 is 0. The van der Waals surface area contributed by atoms with Gasteiger partial charge in [-0.1, -0.05) is 126 Å². The molecule has 2 atom stereocenters. The van der Waals surface area contributed by atoms with Crippen molar-refractivity contribution in [1.29, 1.82) is 0 Å². The average Bonchev–Trinajstić information content (AvgIpc) is 3.34. The molecular weight excluding hydrogens is 841 g/mol. The zero-order valence-corrected chi connectivity index (χ0v) is 37.4. The second-order valence-electron chi connectivity index (χ2n) is 19.2. The highest BCUT2D eigenvalue weighted by Crippen LogP contribution is 2.45. The number of hydrogen-bond acceptors (Lipinski definition) is 12. The van der Waals surface area contributed by atoms with Crippen LogP contribution in [0.1, 0.15) is 131 Å². The van der Waals surface area contributed by atoms with E-state index in [9.17, 15) is 40.5 Å². The van der Waals surface area contributed by atoms with Gasteiger partial charge in [0.05, 0.1) is 43.1 Å². The molecule has 4 aromatic rings. The third kappa shape index (κ3) is 10.9. The smallest absolute Gasteiger partial charge is 0.301 e. The Morgan fingerprint density at radius 2 is 0.955 bits per heavy atom. The highest BCUT2D eigenvalue weighted by Gasteiger charge is 2.45. The Bertz CT molecular complexity index is 2410. The van der Waals surface area contributed by atoms with Gasteiger partial charge in [0, 0.05) is 18.1 Å². The fourth-order valence-electron chi connectivity index (χ4n) is 11.5. The molecule has 2 saturated carbocycles. The number of nitrogens with one attached hydrogen (secondary N) is 3. The maximum atomic E-state index is 12.6. The summed E-state index contributed by atoms with van der Waals surface area (Å²) in [6.45, 7) is 0. The standard InChI is InChI=1S/C50H60N8O8/c59-55(60)42-26-29-45(47(32-42)57(63)64)51-53-49-40-22-17-36(18-23-40)6-1-4-35-13-15-39(16-14-35)21-28-44(49)50(54-52-46-30-27-43(56(61)62)33-48(46)58(65)66)31-3-8-38-11-9-34(10-12-38)5-2-7-37-19-24-41(50)25-20-37/h17-20,22-27,29-30,32-35,38-39,44,51-52,54H,1-16,21,28,31H2/b53-49-/t34?,35?,38?,39?,44-,50+/m1/s1. The van der Waals surface area contributed by atoms with Crippen LogP contribution in [0.5, 0.6) is 0 Å². The lowest BCUT2D eigenvalue weighted by Crippen LogP contribution is -2.54. The topological polar surface area (TPSA) is 221 Å². The summed E-state index contributed by atoms with van der Waals surface area (Å²) in [5.74, 6) is 1.95. The van der Waals surface area contributed by atoms with Crippen LogP contribution in [0, 0.1) is 70.0 Å². The summed E-state index contributed by atoms with van der Waals surface area (Å²) in [5, 5.41) is 53.7. The third-order valence-electron chi connectivity index (χ3n) is 15.3. The van der Waals surface area contributed by atoms with Gasteiger partial charge in [-0.15, -0.1) is 0 Å². The fraction of sp³-hybridized carbons (Fsp3) is 0.500. The quantitative estimate of drug-likeness (QED) is 0.100. The van der Waals surface area contributed by atoms with Crippen LogP contribution in [0.15, 0.2) is 90.0 Å². The molecule has 0 radical (unpaired) electrons. The normalized spacial score (nSPS) is 25.5. The Kier molecular flexibility index (Phi) is 14.6. The lowest BCUT2D eigenvalue weighted by molar-refractivity contribution is -0.393. The van der Waals surface area contributed by atoms with Crippen LogP contribution >= 0.6 is 0 Å². The zero-order valence-electron chi connectivity index (χ0n) is 37.4. The predicted molar refractivity (Wildman–Crippen MR) is 254 cm³/mol. The number of aryl methyl sites for hydroxylation is 2. The molecule has 66 heavy (non-hydrogen) atoms. The molecule has 2 fully saturated rings. The van der Waals surface area contributed by atoms with E-state index in [2.05, 4.69) is 64.8 Å². The fourth-order valence-corrected chi connectivity index (χ4v) is 11.5. The Hall–Kier alpha value is -6.29. The number of nitro benzene ring substituents is 4. The number of benzene rings is 4. The first-order chi connectivity index (χ1) is 32.0. The van der Waals surface area contributed by atoms with Crippen LogP contribution in [-0.4, -0.2) is 25.4 Å². The summed E-state index contributed by atoms with van der Waals surface area (Å²) in [7, 11) is 0. The summed E-state index contributed by atoms with van der Waals surface area (Å²) in [6.07, 6.45) is 19.6. The predicted octanol–water partition coefficient (Wildman–Crippen LogP) is 12.5. The van der Waals surface area contributed by atoms with E-state index < -0.39 is 53.9 Å². The third-order valence-corrected chi connectivity index (χ3v) is 15.3. The first kappa shape index (κ1) is 46.2. The van der Waals surface area contributed by atoms with Crippen molar-refractivity contribution in [3.63, 3.8) is 0 Å². The molecule has 16 nitrogen and oxygen atoms in total. The Balaban J connectivity index is 1.33. The highest BCUT2D eigenvalue weighted by atomic mass is 16.6. The van der Waals surface area contributed by atoms with Gasteiger partial charge in [0.2, 0.25) is 0 Å². The minimum Gasteiger partial charge on any atom is -0.315 e. The van der Waals surface area contributed by atoms with Gasteiger partial charge >= 0.3 is 11.4 Å². The molecular formula is C50H60N8O8. The van der Waals surface area contributed by atoms with E-state index >= 15 is 0 Å². The second-order valence-corrected chi connectivity index (χ2v) is 19.2. The number of nitro groups is 4. The van der Waals surface area contributed by atoms with Crippen LogP contribution in [-0.2, 0) is 18.4 Å². The van der Waals surface area contributed by atoms with Crippen LogP contribution in [0.25, 0.3) is 0 Å². The Morgan fingerprint density at radius 3 is 1.47 bits per heavy atom. The molecule has 8 bridgehead atoms. The van der Waals surface area contributed by atoms with Crippen molar-refractivity contribution in [2.24, 2.45) is 34.7 Å². The minimum atomic E-state index is -1.03. The van der Waals surface area contributed by atoms with E-state index in [0.29, 0.717) is 36.3 Å². The van der Waals surface area contributed by atoms with Crippen molar-refractivity contribution in [3.05, 3.63) is 148 Å². The molecule has 4 aromatic carbocycles. The van der Waals surface area contributed by atoms with Crippen molar-refractivity contribution >= 4 is 39.8 Å². The number of rotatable bonds is 10. The number of hydrazone groups is 1. The summed E-state index contributed by atoms with van der Waals surface area (Å²) < 4.78 is 0. The van der Waals surface area contributed by atoms with Gasteiger partial charge in [0.1, 0.15) is 11.4 Å². The van der Waals surface area contributed by atoms with Crippen molar-refractivity contribution in [3.8, 4) is 0 Å². The van der Waals surface area contributed by atoms with Crippen LogP contribution < -0.4 is 16.3 Å². The summed E-state index contributed by atoms with van der Waals surface area (Å²) in [4.78, 5) is 45.9. The highest BCUT2D eigenvalue weighted by molar-refractivity contribution is 6.03. The molecule has 3 N–H and O–H groups in total. The molecule has 0 spiro atoms. The number of hydrazine groups is 1. The van der Waals surface area contributed by atoms with Crippen LogP contribution in [0.2, 0.25) is 0 Å². The maximum Gasteiger partial charge on any atom is 0.301 e. The van der Waals surface area contributed by atoms with Gasteiger partial charge in [-0.2, -0.15) is 5.10 Å². The van der Waals surface area contributed by atoms with Gasteiger partial charge in [0.25, 0.3) is 11.4 Å². The number of hydrogen-bond donors (Lipinski definition) is 3. The van der Waals surface area contributed by atoms with E-state index in [0.717, 1.165) is 87.0 Å². The van der Waals surface area contributed by atoms with E-state index in [-0.39, 0.29) is 11.4 Å². The van der Waals surface area contributed by atoms with Gasteiger partial charge < -0.3 is 5.43 Å². The molecule has 348 valence electrons. The largest absolute Gasteiger partial charge is 0.315 e. The van der Waals surface area contributed by atoms with Crippen LogP contribution in [0.4, 0.5) is 34.1 Å². The molecule has 16 heteroatoms. The number of nitrogens with zero attached hydrogens (tertiary/aromatic N) is 5. The SMILES string of the molecule is O=[N+]([O-])c1ccc(N/N=C2/c3ccc(cc3)CCCC3CCC(CC3)CC[C@H]2[C@]2(NNc3ccc([N+](=O)[O-])cc3[N+](=O)[O-])CCCC3CCC(CCCc4ccc2cc4)CC3)c([N+](=O)[O-])c1. The van der Waals surface area contributed by atoms with Gasteiger partial charge in [-0.05, 0) is 103 Å². The number of anilines is 2. The van der Waals surface area contributed by atoms with Crippen LogP contribution in [0.3, 0.4) is 0 Å².